The summed E-state index contributed by atoms with van der Waals surface area (Å²) in [4.78, 5) is 12.3. The van der Waals surface area contributed by atoms with E-state index in [2.05, 4.69) is 21.2 Å². The molecular formula is C15H14BrClN2O. The Bertz CT molecular complexity index is 629. The van der Waals surface area contributed by atoms with Gasteiger partial charge in [0, 0.05) is 10.2 Å². The molecule has 3 N–H and O–H groups in total. The molecule has 1 unspecified atom stereocenters. The summed E-state index contributed by atoms with van der Waals surface area (Å²) in [6, 6.07) is 14.4. The molecule has 1 amide bonds. The molecule has 3 nitrogen and oxygen atoms in total. The fourth-order valence-corrected chi connectivity index (χ4v) is 2.25. The van der Waals surface area contributed by atoms with Crippen LogP contribution >= 0.6 is 27.5 Å². The van der Waals surface area contributed by atoms with Crippen molar-refractivity contribution in [3.63, 3.8) is 0 Å². The molecule has 0 fully saturated rings. The minimum atomic E-state index is -1.10. The second kappa shape index (κ2) is 5.95. The number of amides is 1. The monoisotopic (exact) mass is 352 g/mol. The van der Waals surface area contributed by atoms with Crippen LogP contribution < -0.4 is 11.1 Å². The molecule has 1 atom stereocenters. The molecule has 20 heavy (non-hydrogen) atoms. The second-order valence-electron chi connectivity index (χ2n) is 4.65. The van der Waals surface area contributed by atoms with Crippen LogP contribution in [-0.2, 0) is 10.3 Å². The highest BCUT2D eigenvalue weighted by Crippen LogP contribution is 2.27. The van der Waals surface area contributed by atoms with E-state index in [0.29, 0.717) is 10.7 Å². The van der Waals surface area contributed by atoms with Crippen LogP contribution in [0.2, 0.25) is 5.02 Å². The standard InChI is InChI=1S/C15H14BrClN2O/c1-15(18,10-5-3-2-4-6-10)14(20)19-11-7-8-13(17)12(16)9-11/h2-9H,18H2,1H3,(H,19,20). The predicted octanol–water partition coefficient (Wildman–Crippen LogP) is 3.92. The minimum absolute atomic E-state index is 0.280. The predicted molar refractivity (Wildman–Crippen MR) is 85.8 cm³/mol. The van der Waals surface area contributed by atoms with Gasteiger partial charge >= 0.3 is 0 Å². The number of halogens is 2. The average Bonchev–Trinajstić information content (AvgIpc) is 2.44. The van der Waals surface area contributed by atoms with E-state index in [0.717, 1.165) is 10.0 Å². The normalized spacial score (nSPS) is 13.6. The average molecular weight is 354 g/mol. The lowest BCUT2D eigenvalue weighted by atomic mass is 9.92. The number of hydrogen-bond donors (Lipinski definition) is 2. The van der Waals surface area contributed by atoms with Crippen LogP contribution in [0, 0.1) is 0 Å². The van der Waals surface area contributed by atoms with E-state index in [1.54, 1.807) is 25.1 Å². The maximum absolute atomic E-state index is 12.3. The summed E-state index contributed by atoms with van der Waals surface area (Å²) in [5.74, 6) is -0.280. The first-order valence-electron chi connectivity index (χ1n) is 6.02. The van der Waals surface area contributed by atoms with E-state index >= 15 is 0 Å². The number of rotatable bonds is 3. The minimum Gasteiger partial charge on any atom is -0.324 e. The van der Waals surface area contributed by atoms with Crippen molar-refractivity contribution in [2.45, 2.75) is 12.5 Å². The number of nitrogens with one attached hydrogen (secondary N) is 1. The Kier molecular flexibility index (Phi) is 4.48. The van der Waals surface area contributed by atoms with Gasteiger partial charge in [0.2, 0.25) is 5.91 Å². The SMILES string of the molecule is CC(N)(C(=O)Nc1ccc(Cl)c(Br)c1)c1ccccc1. The lowest BCUT2D eigenvalue weighted by Crippen LogP contribution is -2.45. The Morgan fingerprint density at radius 2 is 1.90 bits per heavy atom. The van der Waals surface area contributed by atoms with E-state index in [1.165, 1.54) is 0 Å². The zero-order chi connectivity index (χ0) is 14.8. The van der Waals surface area contributed by atoms with Crippen LogP contribution in [0.4, 0.5) is 5.69 Å². The van der Waals surface area contributed by atoms with Crippen molar-refractivity contribution in [3.8, 4) is 0 Å². The zero-order valence-electron chi connectivity index (χ0n) is 10.9. The number of anilines is 1. The Hall–Kier alpha value is -1.36. The number of benzene rings is 2. The quantitative estimate of drug-likeness (QED) is 0.879. The molecule has 0 spiro atoms. The zero-order valence-corrected chi connectivity index (χ0v) is 13.2. The van der Waals surface area contributed by atoms with Gasteiger partial charge in [0.05, 0.1) is 5.02 Å². The molecule has 0 radical (unpaired) electrons. The third kappa shape index (κ3) is 3.20. The lowest BCUT2D eigenvalue weighted by molar-refractivity contribution is -0.120. The number of carbonyl (C=O) groups is 1. The van der Waals surface area contributed by atoms with Gasteiger partial charge in [-0.25, -0.2) is 0 Å². The molecule has 0 aliphatic carbocycles. The first-order chi connectivity index (χ1) is 9.41. The van der Waals surface area contributed by atoms with Crippen molar-refractivity contribution in [1.82, 2.24) is 0 Å². The highest BCUT2D eigenvalue weighted by molar-refractivity contribution is 9.10. The first-order valence-corrected chi connectivity index (χ1v) is 7.19. The van der Waals surface area contributed by atoms with Gasteiger partial charge < -0.3 is 11.1 Å². The molecule has 0 saturated heterocycles. The van der Waals surface area contributed by atoms with Gasteiger partial charge in [0.25, 0.3) is 0 Å². The molecule has 0 aliphatic heterocycles. The summed E-state index contributed by atoms with van der Waals surface area (Å²) < 4.78 is 0.718. The van der Waals surface area contributed by atoms with Crippen LogP contribution in [0.15, 0.2) is 53.0 Å². The summed E-state index contributed by atoms with van der Waals surface area (Å²) >= 11 is 9.24. The third-order valence-electron chi connectivity index (χ3n) is 3.02. The van der Waals surface area contributed by atoms with Crippen LogP contribution in [0.5, 0.6) is 0 Å². The molecule has 0 bridgehead atoms. The summed E-state index contributed by atoms with van der Waals surface area (Å²) in [5.41, 5.74) is 6.44. The largest absolute Gasteiger partial charge is 0.324 e. The molecule has 104 valence electrons. The van der Waals surface area contributed by atoms with E-state index < -0.39 is 5.54 Å². The van der Waals surface area contributed by atoms with E-state index in [9.17, 15) is 4.79 Å². The molecule has 5 heteroatoms. The Balaban J connectivity index is 2.21. The van der Waals surface area contributed by atoms with Crippen molar-refractivity contribution in [2.75, 3.05) is 5.32 Å². The highest BCUT2D eigenvalue weighted by Gasteiger charge is 2.30. The lowest BCUT2D eigenvalue weighted by Gasteiger charge is -2.24. The molecule has 2 aromatic rings. The van der Waals surface area contributed by atoms with Crippen molar-refractivity contribution >= 4 is 39.1 Å². The number of nitrogens with two attached hydrogens (primary N) is 1. The van der Waals surface area contributed by atoms with Crippen LogP contribution in [-0.4, -0.2) is 5.91 Å². The van der Waals surface area contributed by atoms with Crippen molar-refractivity contribution in [3.05, 3.63) is 63.6 Å². The third-order valence-corrected chi connectivity index (χ3v) is 4.24. The Morgan fingerprint density at radius 3 is 2.50 bits per heavy atom. The van der Waals surface area contributed by atoms with Crippen LogP contribution in [0.3, 0.4) is 0 Å². The molecular weight excluding hydrogens is 340 g/mol. The summed E-state index contributed by atoms with van der Waals surface area (Å²) in [7, 11) is 0. The maximum atomic E-state index is 12.3. The van der Waals surface area contributed by atoms with E-state index in [1.807, 2.05) is 30.3 Å². The summed E-state index contributed by atoms with van der Waals surface area (Å²) in [6.45, 7) is 1.68. The maximum Gasteiger partial charge on any atom is 0.248 e. The molecule has 2 aromatic carbocycles. The van der Waals surface area contributed by atoms with Gasteiger partial charge in [-0.3, -0.25) is 4.79 Å². The van der Waals surface area contributed by atoms with Crippen LogP contribution in [0.25, 0.3) is 0 Å². The van der Waals surface area contributed by atoms with Crippen LogP contribution in [0.1, 0.15) is 12.5 Å². The van der Waals surface area contributed by atoms with Crippen molar-refractivity contribution < 1.29 is 4.79 Å². The van der Waals surface area contributed by atoms with Crippen molar-refractivity contribution in [2.24, 2.45) is 5.73 Å². The van der Waals surface area contributed by atoms with Gasteiger partial charge in [-0.15, -0.1) is 0 Å². The van der Waals surface area contributed by atoms with Gasteiger partial charge in [0.1, 0.15) is 5.54 Å². The van der Waals surface area contributed by atoms with Gasteiger partial charge in [0.15, 0.2) is 0 Å². The smallest absolute Gasteiger partial charge is 0.248 e. The highest BCUT2D eigenvalue weighted by atomic mass is 79.9. The second-order valence-corrected chi connectivity index (χ2v) is 5.91. The fraction of sp³-hybridized carbons (Fsp3) is 0.133. The Morgan fingerprint density at radius 1 is 1.25 bits per heavy atom. The van der Waals surface area contributed by atoms with E-state index in [-0.39, 0.29) is 5.91 Å². The van der Waals surface area contributed by atoms with Gasteiger partial charge in [-0.2, -0.15) is 0 Å². The topological polar surface area (TPSA) is 55.1 Å². The molecule has 0 aliphatic rings. The molecule has 0 saturated carbocycles. The molecule has 2 rings (SSSR count). The summed E-state index contributed by atoms with van der Waals surface area (Å²) in [6.07, 6.45) is 0. The molecule has 0 aromatic heterocycles. The number of hydrogen-bond acceptors (Lipinski definition) is 2. The first kappa shape index (κ1) is 15.0. The van der Waals surface area contributed by atoms with Crippen molar-refractivity contribution in [1.29, 1.82) is 0 Å². The van der Waals surface area contributed by atoms with Gasteiger partial charge in [-0.1, -0.05) is 41.9 Å². The molecule has 0 heterocycles. The van der Waals surface area contributed by atoms with Gasteiger partial charge in [-0.05, 0) is 46.6 Å². The fourth-order valence-electron chi connectivity index (χ4n) is 1.75. The summed E-state index contributed by atoms with van der Waals surface area (Å²) in [5, 5.41) is 3.38. The van der Waals surface area contributed by atoms with E-state index in [4.69, 9.17) is 17.3 Å². The number of carbonyl (C=O) groups excluding carboxylic acids is 1. The Labute approximate surface area is 131 Å².